The summed E-state index contributed by atoms with van der Waals surface area (Å²) in [5, 5.41) is 11.5. The van der Waals surface area contributed by atoms with Crippen molar-refractivity contribution >= 4 is 27.8 Å². The van der Waals surface area contributed by atoms with Crippen LogP contribution in [0.25, 0.3) is 0 Å². The summed E-state index contributed by atoms with van der Waals surface area (Å²) in [4.78, 5) is 23.1. The SMILES string of the molecule is C=CCC(NC(=O)c1cc(Br)cn1CCC)C(=O)O. The van der Waals surface area contributed by atoms with E-state index in [1.165, 1.54) is 6.08 Å². The highest BCUT2D eigenvalue weighted by Crippen LogP contribution is 2.15. The molecule has 1 atom stereocenters. The maximum atomic E-state index is 12.1. The largest absolute Gasteiger partial charge is 0.480 e. The van der Waals surface area contributed by atoms with Gasteiger partial charge in [0.15, 0.2) is 0 Å². The molecule has 1 heterocycles. The maximum absolute atomic E-state index is 12.1. The van der Waals surface area contributed by atoms with E-state index < -0.39 is 17.9 Å². The fourth-order valence-electron chi connectivity index (χ4n) is 1.71. The minimum Gasteiger partial charge on any atom is -0.480 e. The van der Waals surface area contributed by atoms with Crippen LogP contribution < -0.4 is 5.32 Å². The number of halogens is 1. The number of amides is 1. The molecule has 0 spiro atoms. The van der Waals surface area contributed by atoms with Crippen molar-refractivity contribution in [1.29, 1.82) is 0 Å². The number of carbonyl (C=O) groups is 2. The summed E-state index contributed by atoms with van der Waals surface area (Å²) in [5.41, 5.74) is 0.448. The van der Waals surface area contributed by atoms with Gasteiger partial charge >= 0.3 is 5.97 Å². The number of aryl methyl sites for hydroxylation is 1. The highest BCUT2D eigenvalue weighted by atomic mass is 79.9. The molecule has 5 nitrogen and oxygen atoms in total. The van der Waals surface area contributed by atoms with Gasteiger partial charge in [0.2, 0.25) is 0 Å². The minimum atomic E-state index is -1.07. The van der Waals surface area contributed by atoms with Crippen LogP contribution in [0.5, 0.6) is 0 Å². The van der Waals surface area contributed by atoms with E-state index in [0.717, 1.165) is 10.9 Å². The molecule has 0 aliphatic heterocycles. The Balaban J connectivity index is 2.87. The Hall–Kier alpha value is -1.56. The number of hydrogen-bond acceptors (Lipinski definition) is 2. The standard InChI is InChI=1S/C13H17BrN2O3/c1-3-5-10(13(18)19)15-12(17)11-7-9(14)8-16(11)6-4-2/h3,7-8,10H,1,4-6H2,2H3,(H,15,17)(H,18,19). The molecule has 0 radical (unpaired) electrons. The second-order valence-corrected chi connectivity index (χ2v) is 5.04. The highest BCUT2D eigenvalue weighted by Gasteiger charge is 2.21. The first-order chi connectivity index (χ1) is 8.99. The Kier molecular flexibility index (Phi) is 5.82. The number of aromatic nitrogens is 1. The van der Waals surface area contributed by atoms with Crippen LogP contribution in [-0.2, 0) is 11.3 Å². The smallest absolute Gasteiger partial charge is 0.326 e. The zero-order valence-corrected chi connectivity index (χ0v) is 12.3. The van der Waals surface area contributed by atoms with Crippen molar-refractivity contribution in [3.63, 3.8) is 0 Å². The van der Waals surface area contributed by atoms with Crippen molar-refractivity contribution < 1.29 is 14.7 Å². The lowest BCUT2D eigenvalue weighted by Gasteiger charge is -2.13. The molecule has 6 heteroatoms. The predicted octanol–water partition coefficient (Wildman–Crippen LogP) is 2.42. The predicted molar refractivity (Wildman–Crippen MR) is 76.1 cm³/mol. The Morgan fingerprint density at radius 1 is 1.63 bits per heavy atom. The lowest BCUT2D eigenvalue weighted by molar-refractivity contribution is -0.139. The van der Waals surface area contributed by atoms with Crippen LogP contribution in [0.2, 0.25) is 0 Å². The first kappa shape index (κ1) is 15.5. The number of nitrogens with zero attached hydrogens (tertiary/aromatic N) is 1. The summed E-state index contributed by atoms with van der Waals surface area (Å²) in [7, 11) is 0. The Morgan fingerprint density at radius 2 is 2.32 bits per heavy atom. The first-order valence-corrected chi connectivity index (χ1v) is 6.79. The van der Waals surface area contributed by atoms with E-state index in [1.807, 2.05) is 13.1 Å². The Morgan fingerprint density at radius 3 is 2.84 bits per heavy atom. The van der Waals surface area contributed by atoms with Gasteiger partial charge in [0.05, 0.1) is 0 Å². The maximum Gasteiger partial charge on any atom is 0.326 e. The quantitative estimate of drug-likeness (QED) is 0.755. The van der Waals surface area contributed by atoms with Gasteiger partial charge in [-0.15, -0.1) is 6.58 Å². The van der Waals surface area contributed by atoms with Gasteiger partial charge in [0, 0.05) is 17.2 Å². The molecule has 1 amide bonds. The molecule has 1 aromatic rings. The molecule has 1 aromatic heterocycles. The molecule has 0 bridgehead atoms. The van der Waals surface area contributed by atoms with E-state index >= 15 is 0 Å². The van der Waals surface area contributed by atoms with Crippen LogP contribution in [-0.4, -0.2) is 27.6 Å². The number of rotatable bonds is 7. The summed E-state index contributed by atoms with van der Waals surface area (Å²) < 4.78 is 2.59. The fourth-order valence-corrected chi connectivity index (χ4v) is 2.18. The van der Waals surface area contributed by atoms with Gasteiger partial charge in [-0.1, -0.05) is 13.0 Å². The lowest BCUT2D eigenvalue weighted by atomic mass is 10.2. The van der Waals surface area contributed by atoms with Gasteiger partial charge in [0.1, 0.15) is 11.7 Å². The third-order valence-electron chi connectivity index (χ3n) is 2.57. The molecule has 19 heavy (non-hydrogen) atoms. The number of hydrogen-bond donors (Lipinski definition) is 2. The summed E-state index contributed by atoms with van der Waals surface area (Å²) >= 11 is 3.31. The molecular weight excluding hydrogens is 312 g/mol. The monoisotopic (exact) mass is 328 g/mol. The zero-order valence-electron chi connectivity index (χ0n) is 10.7. The molecule has 0 aromatic carbocycles. The lowest BCUT2D eigenvalue weighted by Crippen LogP contribution is -2.41. The van der Waals surface area contributed by atoms with Crippen molar-refractivity contribution in [1.82, 2.24) is 9.88 Å². The van der Waals surface area contributed by atoms with Gasteiger partial charge < -0.3 is 15.0 Å². The molecule has 0 saturated heterocycles. The van der Waals surface area contributed by atoms with Gasteiger partial charge in [-0.05, 0) is 34.8 Å². The van der Waals surface area contributed by atoms with Gasteiger partial charge in [0.25, 0.3) is 5.91 Å². The van der Waals surface area contributed by atoms with Crippen molar-refractivity contribution in [2.24, 2.45) is 0 Å². The van der Waals surface area contributed by atoms with E-state index in [0.29, 0.717) is 12.2 Å². The molecule has 2 N–H and O–H groups in total. The average molecular weight is 329 g/mol. The van der Waals surface area contributed by atoms with Crippen LogP contribution in [0, 0.1) is 0 Å². The third-order valence-corrected chi connectivity index (χ3v) is 3.00. The number of aliphatic carboxylic acids is 1. The van der Waals surface area contributed by atoms with Crippen LogP contribution >= 0.6 is 15.9 Å². The van der Waals surface area contributed by atoms with Gasteiger partial charge in [-0.2, -0.15) is 0 Å². The van der Waals surface area contributed by atoms with Crippen LogP contribution in [0.15, 0.2) is 29.4 Å². The van der Waals surface area contributed by atoms with E-state index in [1.54, 1.807) is 10.6 Å². The van der Waals surface area contributed by atoms with E-state index in [4.69, 9.17) is 5.11 Å². The molecule has 0 aliphatic carbocycles. The number of nitrogens with one attached hydrogen (secondary N) is 1. The van der Waals surface area contributed by atoms with Crippen molar-refractivity contribution in [3.8, 4) is 0 Å². The van der Waals surface area contributed by atoms with Gasteiger partial charge in [-0.3, -0.25) is 4.79 Å². The van der Waals surface area contributed by atoms with Gasteiger partial charge in [-0.25, -0.2) is 4.79 Å². The highest BCUT2D eigenvalue weighted by molar-refractivity contribution is 9.10. The normalized spacial score (nSPS) is 11.9. The van der Waals surface area contributed by atoms with Crippen LogP contribution in [0.1, 0.15) is 30.3 Å². The van der Waals surface area contributed by atoms with Crippen molar-refractivity contribution in [2.45, 2.75) is 32.4 Å². The molecule has 0 aliphatic rings. The summed E-state index contributed by atoms with van der Waals surface area (Å²) in [6.07, 6.45) is 4.36. The molecule has 1 rings (SSSR count). The average Bonchev–Trinajstić information content (AvgIpc) is 2.70. The van der Waals surface area contributed by atoms with Crippen molar-refractivity contribution in [2.75, 3.05) is 0 Å². The summed E-state index contributed by atoms with van der Waals surface area (Å²) in [6, 6.07) is 0.728. The van der Waals surface area contributed by atoms with E-state index in [-0.39, 0.29) is 6.42 Å². The Labute approximate surface area is 120 Å². The van der Waals surface area contributed by atoms with E-state index in [2.05, 4.69) is 27.8 Å². The summed E-state index contributed by atoms with van der Waals surface area (Å²) in [5.74, 6) is -1.46. The fraction of sp³-hybridized carbons (Fsp3) is 0.385. The van der Waals surface area contributed by atoms with E-state index in [9.17, 15) is 9.59 Å². The second-order valence-electron chi connectivity index (χ2n) is 4.13. The van der Waals surface area contributed by atoms with Crippen LogP contribution in [0.3, 0.4) is 0 Å². The topological polar surface area (TPSA) is 71.3 Å². The first-order valence-electron chi connectivity index (χ1n) is 5.99. The molecule has 0 fully saturated rings. The number of carbonyl (C=O) groups excluding carboxylic acids is 1. The molecular formula is C13H17BrN2O3. The Bertz CT molecular complexity index is 482. The molecule has 1 unspecified atom stereocenters. The minimum absolute atomic E-state index is 0.191. The number of carboxylic acid groups (broad SMARTS) is 1. The van der Waals surface area contributed by atoms with Crippen molar-refractivity contribution in [3.05, 3.63) is 35.1 Å². The molecule has 0 saturated carbocycles. The zero-order chi connectivity index (χ0) is 14.4. The number of carboxylic acids is 1. The van der Waals surface area contributed by atoms with Crippen LogP contribution in [0.4, 0.5) is 0 Å². The summed E-state index contributed by atoms with van der Waals surface area (Å²) in [6.45, 7) is 6.20. The third kappa shape index (κ3) is 4.24. The second kappa shape index (κ2) is 7.13. The molecule has 104 valence electrons.